The van der Waals surface area contributed by atoms with E-state index in [0.717, 1.165) is 22.8 Å². The number of imidazole rings is 1. The number of halogens is 2. The Balaban J connectivity index is 2.31. The Morgan fingerprint density at radius 1 is 1.00 bits per heavy atom. The van der Waals surface area contributed by atoms with Gasteiger partial charge in [-0.2, -0.15) is 0 Å². The first kappa shape index (κ1) is 19.0. The average molecular weight is 388 g/mol. The second kappa shape index (κ2) is 7.83. The molecule has 0 saturated carbocycles. The molecule has 0 spiro atoms. The highest BCUT2D eigenvalue weighted by Gasteiger charge is 2.27. The van der Waals surface area contributed by atoms with Gasteiger partial charge in [0.25, 0.3) is 0 Å². The molecule has 1 atom stereocenters. The van der Waals surface area contributed by atoms with E-state index in [4.69, 9.17) is 33.9 Å². The molecule has 2 aromatic carbocycles. The van der Waals surface area contributed by atoms with Crippen molar-refractivity contribution in [2.24, 2.45) is 12.8 Å². The van der Waals surface area contributed by atoms with Crippen LogP contribution in [0.2, 0.25) is 10.0 Å². The lowest BCUT2D eigenvalue weighted by Gasteiger charge is -2.22. The number of hydrogen-bond donors (Lipinski definition) is 1. The minimum Gasteiger partial charge on any atom is -0.333 e. The second-order valence-corrected chi connectivity index (χ2v) is 7.64. The standard InChI is InChI=1S/C21H23Cl2N3/c1-13(2)20-21(26(3)18(12-24)25-20)19(14-7-5-4-6-8-14)15-9-16(22)11-17(23)10-15/h4-11,13,19H,12,24H2,1-3H3. The molecule has 0 aliphatic heterocycles. The van der Waals surface area contributed by atoms with Crippen molar-refractivity contribution >= 4 is 23.2 Å². The highest BCUT2D eigenvalue weighted by molar-refractivity contribution is 6.34. The predicted molar refractivity (Wildman–Crippen MR) is 109 cm³/mol. The molecule has 3 aromatic rings. The molecular weight excluding hydrogens is 365 g/mol. The van der Waals surface area contributed by atoms with Crippen molar-refractivity contribution in [1.29, 1.82) is 0 Å². The smallest absolute Gasteiger partial charge is 0.122 e. The Labute approximate surface area is 164 Å². The van der Waals surface area contributed by atoms with Crippen LogP contribution in [0.3, 0.4) is 0 Å². The molecule has 136 valence electrons. The molecule has 5 heteroatoms. The molecule has 0 aliphatic rings. The van der Waals surface area contributed by atoms with Crippen LogP contribution in [-0.4, -0.2) is 9.55 Å². The summed E-state index contributed by atoms with van der Waals surface area (Å²) in [5.74, 6) is 1.12. The summed E-state index contributed by atoms with van der Waals surface area (Å²) in [5.41, 5.74) is 10.3. The van der Waals surface area contributed by atoms with Gasteiger partial charge in [-0.15, -0.1) is 0 Å². The molecule has 1 heterocycles. The molecule has 0 saturated heterocycles. The highest BCUT2D eigenvalue weighted by Crippen LogP contribution is 2.38. The summed E-state index contributed by atoms with van der Waals surface area (Å²) in [6, 6.07) is 16.1. The zero-order chi connectivity index (χ0) is 18.8. The van der Waals surface area contributed by atoms with E-state index in [1.165, 1.54) is 5.56 Å². The first-order chi connectivity index (χ1) is 12.4. The van der Waals surface area contributed by atoms with Gasteiger partial charge < -0.3 is 10.3 Å². The lowest BCUT2D eigenvalue weighted by molar-refractivity contribution is 0.725. The fourth-order valence-corrected chi connectivity index (χ4v) is 3.97. The third-order valence-electron chi connectivity index (χ3n) is 4.61. The van der Waals surface area contributed by atoms with Crippen LogP contribution < -0.4 is 5.73 Å². The molecule has 0 fully saturated rings. The quantitative estimate of drug-likeness (QED) is 0.628. The summed E-state index contributed by atoms with van der Waals surface area (Å²) in [6.45, 7) is 4.70. The lowest BCUT2D eigenvalue weighted by Crippen LogP contribution is -2.13. The zero-order valence-corrected chi connectivity index (χ0v) is 16.7. The number of benzene rings is 2. The number of hydrogen-bond acceptors (Lipinski definition) is 2. The van der Waals surface area contributed by atoms with Crippen molar-refractivity contribution in [2.75, 3.05) is 0 Å². The predicted octanol–water partition coefficient (Wildman–Crippen LogP) is 5.49. The summed E-state index contributed by atoms with van der Waals surface area (Å²) < 4.78 is 2.11. The molecule has 2 N–H and O–H groups in total. The summed E-state index contributed by atoms with van der Waals surface area (Å²) in [7, 11) is 2.03. The molecule has 1 aromatic heterocycles. The van der Waals surface area contributed by atoms with Crippen LogP contribution >= 0.6 is 23.2 Å². The van der Waals surface area contributed by atoms with Crippen LogP contribution in [0.25, 0.3) is 0 Å². The minimum absolute atomic E-state index is 0.0254. The number of nitrogens with zero attached hydrogens (tertiary/aromatic N) is 2. The van der Waals surface area contributed by atoms with Gasteiger partial charge >= 0.3 is 0 Å². The molecule has 26 heavy (non-hydrogen) atoms. The van der Waals surface area contributed by atoms with Gasteiger partial charge in [0, 0.05) is 17.1 Å². The Morgan fingerprint density at radius 3 is 2.15 bits per heavy atom. The van der Waals surface area contributed by atoms with Crippen LogP contribution in [0.15, 0.2) is 48.5 Å². The summed E-state index contributed by atoms with van der Waals surface area (Å²) in [6.07, 6.45) is 0. The van der Waals surface area contributed by atoms with Crippen molar-refractivity contribution < 1.29 is 0 Å². The van der Waals surface area contributed by atoms with E-state index >= 15 is 0 Å². The first-order valence-electron chi connectivity index (χ1n) is 8.68. The topological polar surface area (TPSA) is 43.8 Å². The molecule has 0 amide bonds. The van der Waals surface area contributed by atoms with Crippen molar-refractivity contribution in [3.05, 3.63) is 86.9 Å². The summed E-state index contributed by atoms with van der Waals surface area (Å²) >= 11 is 12.6. The largest absolute Gasteiger partial charge is 0.333 e. The van der Waals surface area contributed by atoms with Gasteiger partial charge in [-0.25, -0.2) is 4.98 Å². The van der Waals surface area contributed by atoms with Gasteiger partial charge in [0.1, 0.15) is 5.82 Å². The van der Waals surface area contributed by atoms with Gasteiger partial charge in [-0.05, 0) is 35.2 Å². The zero-order valence-electron chi connectivity index (χ0n) is 15.2. The summed E-state index contributed by atoms with van der Waals surface area (Å²) in [5, 5.41) is 1.25. The van der Waals surface area contributed by atoms with Gasteiger partial charge in [0.2, 0.25) is 0 Å². The Morgan fingerprint density at radius 2 is 1.62 bits per heavy atom. The van der Waals surface area contributed by atoms with E-state index in [1.807, 2.05) is 37.4 Å². The Hall–Kier alpha value is -1.81. The van der Waals surface area contributed by atoms with Crippen molar-refractivity contribution in [1.82, 2.24) is 9.55 Å². The Kier molecular flexibility index (Phi) is 5.71. The maximum absolute atomic E-state index is 6.32. The maximum Gasteiger partial charge on any atom is 0.122 e. The summed E-state index contributed by atoms with van der Waals surface area (Å²) in [4.78, 5) is 4.82. The highest BCUT2D eigenvalue weighted by atomic mass is 35.5. The van der Waals surface area contributed by atoms with Crippen LogP contribution in [-0.2, 0) is 13.6 Å². The van der Waals surface area contributed by atoms with Crippen LogP contribution in [0.4, 0.5) is 0 Å². The van der Waals surface area contributed by atoms with E-state index < -0.39 is 0 Å². The van der Waals surface area contributed by atoms with Crippen LogP contribution in [0, 0.1) is 0 Å². The number of nitrogens with two attached hydrogens (primary N) is 1. The average Bonchev–Trinajstić information content (AvgIpc) is 2.92. The van der Waals surface area contributed by atoms with Crippen molar-refractivity contribution in [3.63, 3.8) is 0 Å². The van der Waals surface area contributed by atoms with E-state index in [-0.39, 0.29) is 11.8 Å². The fraction of sp³-hybridized carbons (Fsp3) is 0.286. The molecular formula is C21H23Cl2N3. The van der Waals surface area contributed by atoms with E-state index in [2.05, 4.69) is 30.5 Å². The van der Waals surface area contributed by atoms with E-state index in [0.29, 0.717) is 16.6 Å². The Bertz CT molecular complexity index is 881. The van der Waals surface area contributed by atoms with Gasteiger partial charge in [-0.1, -0.05) is 67.4 Å². The normalized spacial score (nSPS) is 12.6. The monoisotopic (exact) mass is 387 g/mol. The second-order valence-electron chi connectivity index (χ2n) is 6.76. The fourth-order valence-electron chi connectivity index (χ4n) is 3.43. The third kappa shape index (κ3) is 3.66. The van der Waals surface area contributed by atoms with Crippen LogP contribution in [0.1, 0.15) is 54.0 Å². The number of aromatic nitrogens is 2. The van der Waals surface area contributed by atoms with Gasteiger partial charge in [0.15, 0.2) is 0 Å². The minimum atomic E-state index is -0.0254. The van der Waals surface area contributed by atoms with E-state index in [1.54, 1.807) is 6.07 Å². The van der Waals surface area contributed by atoms with Gasteiger partial charge in [-0.3, -0.25) is 0 Å². The third-order valence-corrected chi connectivity index (χ3v) is 5.05. The van der Waals surface area contributed by atoms with Crippen LogP contribution in [0.5, 0.6) is 0 Å². The van der Waals surface area contributed by atoms with E-state index in [9.17, 15) is 0 Å². The lowest BCUT2D eigenvalue weighted by atomic mass is 9.86. The first-order valence-corrected chi connectivity index (χ1v) is 9.44. The molecule has 3 rings (SSSR count). The van der Waals surface area contributed by atoms with Gasteiger partial charge in [0.05, 0.1) is 23.9 Å². The molecule has 0 aliphatic carbocycles. The van der Waals surface area contributed by atoms with Crippen molar-refractivity contribution in [3.8, 4) is 0 Å². The maximum atomic E-state index is 6.32. The number of rotatable bonds is 5. The molecule has 0 bridgehead atoms. The molecule has 0 radical (unpaired) electrons. The van der Waals surface area contributed by atoms with Crippen molar-refractivity contribution in [2.45, 2.75) is 32.2 Å². The SMILES string of the molecule is CC(C)c1nc(CN)n(C)c1C(c1ccccc1)c1cc(Cl)cc(Cl)c1. The molecule has 3 nitrogen and oxygen atoms in total. The molecule has 1 unspecified atom stereocenters.